The molecular formula is C21H17Cl2N3OS. The molecule has 0 unspecified atom stereocenters. The number of halogens is 2. The monoisotopic (exact) mass is 429 g/mol. The number of hydrogen-bond donors (Lipinski definition) is 1. The van der Waals surface area contributed by atoms with Gasteiger partial charge >= 0.3 is 0 Å². The van der Waals surface area contributed by atoms with E-state index < -0.39 is 5.91 Å². The molecule has 0 fully saturated rings. The van der Waals surface area contributed by atoms with E-state index in [4.69, 9.17) is 23.2 Å². The van der Waals surface area contributed by atoms with Crippen LogP contribution in [-0.2, 0) is 11.3 Å². The number of carbonyl (C=O) groups excluding carboxylic acids is 1. The van der Waals surface area contributed by atoms with Gasteiger partial charge in [-0.25, -0.2) is 0 Å². The van der Waals surface area contributed by atoms with Gasteiger partial charge in [-0.05, 0) is 61.2 Å². The number of nitrogens with zero attached hydrogens (tertiary/aromatic N) is 2. The van der Waals surface area contributed by atoms with Crippen molar-refractivity contribution >= 4 is 46.5 Å². The van der Waals surface area contributed by atoms with E-state index >= 15 is 0 Å². The van der Waals surface area contributed by atoms with Gasteiger partial charge in [0.05, 0.1) is 6.54 Å². The number of aryl methyl sites for hydroxylation is 1. The van der Waals surface area contributed by atoms with E-state index in [9.17, 15) is 10.1 Å². The maximum atomic E-state index is 12.4. The SMILES string of the molecule is Cc1cc(/C=C(/C#N)C(=O)NCc2cccs2)c(C)n1-c1cc(Cl)cc(Cl)c1. The number of thiophene rings is 1. The van der Waals surface area contributed by atoms with Gasteiger partial charge in [0, 0.05) is 32.0 Å². The highest BCUT2D eigenvalue weighted by Crippen LogP contribution is 2.27. The van der Waals surface area contributed by atoms with Gasteiger partial charge in [-0.3, -0.25) is 4.79 Å². The minimum absolute atomic E-state index is 0.0564. The lowest BCUT2D eigenvalue weighted by Crippen LogP contribution is -2.23. The molecule has 1 N–H and O–H groups in total. The summed E-state index contributed by atoms with van der Waals surface area (Å²) in [6.45, 7) is 4.27. The Morgan fingerprint density at radius 2 is 1.96 bits per heavy atom. The fourth-order valence-electron chi connectivity index (χ4n) is 2.98. The van der Waals surface area contributed by atoms with Crippen molar-refractivity contribution in [1.29, 1.82) is 5.26 Å². The molecular weight excluding hydrogens is 413 g/mol. The van der Waals surface area contributed by atoms with Crippen LogP contribution in [0.4, 0.5) is 0 Å². The van der Waals surface area contributed by atoms with Crippen molar-refractivity contribution < 1.29 is 4.79 Å². The number of rotatable bonds is 5. The molecule has 0 saturated carbocycles. The summed E-state index contributed by atoms with van der Waals surface area (Å²) in [5.74, 6) is -0.397. The number of nitrogens with one attached hydrogen (secondary N) is 1. The second-order valence-corrected chi connectivity index (χ2v) is 8.13. The molecule has 1 amide bonds. The maximum Gasteiger partial charge on any atom is 0.262 e. The molecule has 0 radical (unpaired) electrons. The summed E-state index contributed by atoms with van der Waals surface area (Å²) in [7, 11) is 0. The molecule has 28 heavy (non-hydrogen) atoms. The second-order valence-electron chi connectivity index (χ2n) is 6.22. The molecule has 0 saturated heterocycles. The first-order chi connectivity index (χ1) is 13.4. The number of benzene rings is 1. The molecule has 7 heteroatoms. The minimum Gasteiger partial charge on any atom is -0.347 e. The zero-order valence-corrected chi connectivity index (χ0v) is 17.6. The van der Waals surface area contributed by atoms with E-state index in [1.165, 1.54) is 0 Å². The van der Waals surface area contributed by atoms with Crippen LogP contribution in [0, 0.1) is 25.2 Å². The van der Waals surface area contributed by atoms with Crippen molar-refractivity contribution in [1.82, 2.24) is 9.88 Å². The number of amides is 1. The van der Waals surface area contributed by atoms with Gasteiger partial charge in [-0.2, -0.15) is 5.26 Å². The van der Waals surface area contributed by atoms with Crippen LogP contribution in [0.15, 0.2) is 47.4 Å². The Balaban J connectivity index is 1.90. The fraction of sp³-hybridized carbons (Fsp3) is 0.143. The molecule has 2 aromatic heterocycles. The van der Waals surface area contributed by atoms with Crippen LogP contribution < -0.4 is 5.32 Å². The maximum absolute atomic E-state index is 12.4. The quantitative estimate of drug-likeness (QED) is 0.418. The molecule has 0 aliphatic rings. The summed E-state index contributed by atoms with van der Waals surface area (Å²) in [6.07, 6.45) is 1.61. The van der Waals surface area contributed by atoms with Gasteiger partial charge < -0.3 is 9.88 Å². The number of hydrogen-bond acceptors (Lipinski definition) is 3. The molecule has 0 aliphatic heterocycles. The molecule has 4 nitrogen and oxygen atoms in total. The van der Waals surface area contributed by atoms with E-state index in [-0.39, 0.29) is 5.57 Å². The molecule has 0 aliphatic carbocycles. The van der Waals surface area contributed by atoms with Crippen molar-refractivity contribution in [3.05, 3.63) is 79.2 Å². The Kier molecular flexibility index (Phi) is 6.25. The van der Waals surface area contributed by atoms with E-state index in [1.54, 1.807) is 23.5 Å². The molecule has 2 heterocycles. The van der Waals surface area contributed by atoms with Crippen LogP contribution >= 0.6 is 34.5 Å². The van der Waals surface area contributed by atoms with E-state index in [0.29, 0.717) is 16.6 Å². The average Bonchev–Trinajstić information content (AvgIpc) is 3.24. The Morgan fingerprint density at radius 3 is 2.57 bits per heavy atom. The van der Waals surface area contributed by atoms with Crippen molar-refractivity contribution in [3.8, 4) is 11.8 Å². The highest BCUT2D eigenvalue weighted by Gasteiger charge is 2.14. The van der Waals surface area contributed by atoms with E-state index in [0.717, 1.165) is 27.5 Å². The van der Waals surface area contributed by atoms with E-state index in [2.05, 4.69) is 5.32 Å². The predicted molar refractivity (Wildman–Crippen MR) is 115 cm³/mol. The smallest absolute Gasteiger partial charge is 0.262 e. The lowest BCUT2D eigenvalue weighted by atomic mass is 10.1. The summed E-state index contributed by atoms with van der Waals surface area (Å²) in [5, 5.41) is 15.3. The van der Waals surface area contributed by atoms with Crippen LogP contribution in [0.1, 0.15) is 21.8 Å². The van der Waals surface area contributed by atoms with Gasteiger partial charge in [0.1, 0.15) is 11.6 Å². The van der Waals surface area contributed by atoms with Crippen LogP contribution in [0.5, 0.6) is 0 Å². The average molecular weight is 430 g/mol. The number of nitriles is 1. The summed E-state index contributed by atoms with van der Waals surface area (Å²) in [5.41, 5.74) is 3.50. The lowest BCUT2D eigenvalue weighted by Gasteiger charge is -2.11. The molecule has 0 atom stereocenters. The summed E-state index contributed by atoms with van der Waals surface area (Å²) in [6, 6.07) is 13.1. The zero-order valence-electron chi connectivity index (χ0n) is 15.3. The molecule has 142 valence electrons. The van der Waals surface area contributed by atoms with Crippen LogP contribution in [0.2, 0.25) is 10.0 Å². The first kappa shape index (κ1) is 20.2. The second kappa shape index (κ2) is 8.66. The van der Waals surface area contributed by atoms with Gasteiger partial charge in [-0.1, -0.05) is 29.3 Å². The van der Waals surface area contributed by atoms with Crippen molar-refractivity contribution in [2.75, 3.05) is 0 Å². The summed E-state index contributed by atoms with van der Waals surface area (Å²) < 4.78 is 1.99. The molecule has 3 rings (SSSR count). The topological polar surface area (TPSA) is 57.8 Å². The van der Waals surface area contributed by atoms with Crippen LogP contribution in [0.3, 0.4) is 0 Å². The van der Waals surface area contributed by atoms with Crippen molar-refractivity contribution in [2.45, 2.75) is 20.4 Å². The Bertz CT molecular complexity index is 1070. The van der Waals surface area contributed by atoms with Crippen LogP contribution in [-0.4, -0.2) is 10.5 Å². The normalized spacial score (nSPS) is 11.3. The Labute approximate surface area is 177 Å². The van der Waals surface area contributed by atoms with E-state index in [1.807, 2.05) is 60.2 Å². The van der Waals surface area contributed by atoms with Gasteiger partial charge in [0.15, 0.2) is 0 Å². The lowest BCUT2D eigenvalue weighted by molar-refractivity contribution is -0.117. The molecule has 1 aromatic carbocycles. The molecule has 0 spiro atoms. The summed E-state index contributed by atoms with van der Waals surface area (Å²) >= 11 is 13.8. The third-order valence-electron chi connectivity index (χ3n) is 4.24. The zero-order chi connectivity index (χ0) is 20.3. The molecule has 0 bridgehead atoms. The van der Waals surface area contributed by atoms with Crippen molar-refractivity contribution in [3.63, 3.8) is 0 Å². The third kappa shape index (κ3) is 4.48. The highest BCUT2D eigenvalue weighted by molar-refractivity contribution is 7.09. The first-order valence-corrected chi connectivity index (χ1v) is 10.1. The third-order valence-corrected chi connectivity index (χ3v) is 5.56. The van der Waals surface area contributed by atoms with Gasteiger partial charge in [0.25, 0.3) is 5.91 Å². The predicted octanol–water partition coefficient (Wildman–Crippen LogP) is 5.69. The number of carbonyl (C=O) groups is 1. The summed E-state index contributed by atoms with van der Waals surface area (Å²) in [4.78, 5) is 13.4. The van der Waals surface area contributed by atoms with Crippen molar-refractivity contribution in [2.24, 2.45) is 0 Å². The van der Waals surface area contributed by atoms with Gasteiger partial charge in [0.2, 0.25) is 0 Å². The van der Waals surface area contributed by atoms with Crippen LogP contribution in [0.25, 0.3) is 11.8 Å². The molecule has 3 aromatic rings. The first-order valence-electron chi connectivity index (χ1n) is 8.47. The Hall–Kier alpha value is -2.52. The van der Waals surface area contributed by atoms with Gasteiger partial charge in [-0.15, -0.1) is 11.3 Å². The number of aromatic nitrogens is 1. The largest absolute Gasteiger partial charge is 0.347 e. The highest BCUT2D eigenvalue weighted by atomic mass is 35.5. The standard InChI is InChI=1S/C21H17Cl2N3OS/c1-13-6-15(14(2)26(13)19-9-17(22)8-18(23)10-19)7-16(11-24)21(27)25-12-20-4-3-5-28-20/h3-10H,12H2,1-2H3,(H,25,27)/b16-7-. The minimum atomic E-state index is -0.397. The Morgan fingerprint density at radius 1 is 1.25 bits per heavy atom. The fourth-order valence-corrected chi connectivity index (χ4v) is 4.14.